The van der Waals surface area contributed by atoms with Gasteiger partial charge in [0.05, 0.1) is 23.9 Å². The van der Waals surface area contributed by atoms with Crippen molar-refractivity contribution in [3.63, 3.8) is 0 Å². The van der Waals surface area contributed by atoms with Crippen LogP contribution in [0, 0.1) is 17.2 Å². The molecule has 2 atom stereocenters. The van der Waals surface area contributed by atoms with Crippen LogP contribution < -0.4 is 10.1 Å². The van der Waals surface area contributed by atoms with E-state index in [1.54, 1.807) is 0 Å². The van der Waals surface area contributed by atoms with Gasteiger partial charge >= 0.3 is 0 Å². The molecule has 2 aromatic rings. The minimum atomic E-state index is 0.142. The van der Waals surface area contributed by atoms with Gasteiger partial charge in [0.2, 0.25) is 0 Å². The van der Waals surface area contributed by atoms with E-state index in [4.69, 9.17) is 4.74 Å². The first-order valence-electron chi connectivity index (χ1n) is 6.87. The molecule has 0 fully saturated rings. The molecule has 1 N–H and O–H groups in total. The van der Waals surface area contributed by atoms with Gasteiger partial charge in [-0.25, -0.2) is 0 Å². The van der Waals surface area contributed by atoms with Gasteiger partial charge in [-0.05, 0) is 24.3 Å². The van der Waals surface area contributed by atoms with Crippen LogP contribution in [0.15, 0.2) is 46.9 Å². The minimum Gasteiger partial charge on any atom is -0.493 e. The first-order valence-corrected chi connectivity index (χ1v) is 7.66. The maximum absolute atomic E-state index is 9.30. The third kappa shape index (κ3) is 2.74. The summed E-state index contributed by atoms with van der Waals surface area (Å²) < 4.78 is 6.67. The Hall–Kier alpha value is -1.99. The highest BCUT2D eigenvalue weighted by molar-refractivity contribution is 9.10. The number of nitrogens with zero attached hydrogens (tertiary/aromatic N) is 1. The van der Waals surface area contributed by atoms with E-state index < -0.39 is 0 Å². The predicted octanol–water partition coefficient (Wildman–Crippen LogP) is 4.50. The molecule has 1 heterocycles. The lowest BCUT2D eigenvalue weighted by molar-refractivity contribution is 0.214. The molecule has 0 saturated carbocycles. The molecule has 3 nitrogen and oxygen atoms in total. The monoisotopic (exact) mass is 342 g/mol. The van der Waals surface area contributed by atoms with Gasteiger partial charge in [-0.15, -0.1) is 0 Å². The summed E-state index contributed by atoms with van der Waals surface area (Å²) in [5.74, 6) is 1.25. The molecule has 0 aliphatic carbocycles. The highest BCUT2D eigenvalue weighted by Gasteiger charge is 2.28. The van der Waals surface area contributed by atoms with Crippen molar-refractivity contribution in [1.82, 2.24) is 0 Å². The molecule has 21 heavy (non-hydrogen) atoms. The fourth-order valence-corrected chi connectivity index (χ4v) is 2.98. The van der Waals surface area contributed by atoms with Gasteiger partial charge in [-0.2, -0.15) is 5.26 Å². The molecule has 0 aromatic heterocycles. The summed E-state index contributed by atoms with van der Waals surface area (Å²) in [6, 6.07) is 16.2. The zero-order valence-electron chi connectivity index (χ0n) is 11.6. The number of hydrogen-bond acceptors (Lipinski definition) is 3. The Morgan fingerprint density at radius 3 is 2.90 bits per heavy atom. The number of halogens is 1. The summed E-state index contributed by atoms with van der Waals surface area (Å²) in [5, 5.41) is 12.8. The van der Waals surface area contributed by atoms with E-state index >= 15 is 0 Å². The van der Waals surface area contributed by atoms with Crippen molar-refractivity contribution >= 4 is 21.6 Å². The topological polar surface area (TPSA) is 45.0 Å². The second-order valence-electron chi connectivity index (χ2n) is 5.25. The molecular weight excluding hydrogens is 328 g/mol. The Labute approximate surface area is 132 Å². The standard InChI is InChI=1S/C17H15BrN2O/c1-11-10-21-16-5-3-2-4-14(16)17(11)20-15-7-6-13(18)8-12(15)9-19/h2-8,11,17,20H,10H2,1H3. The molecule has 0 spiro atoms. The summed E-state index contributed by atoms with van der Waals surface area (Å²) in [4.78, 5) is 0. The number of para-hydroxylation sites is 1. The number of fused-ring (bicyclic) bond motifs is 1. The third-order valence-corrected chi connectivity index (χ3v) is 4.23. The van der Waals surface area contributed by atoms with E-state index in [0.29, 0.717) is 18.1 Å². The second-order valence-corrected chi connectivity index (χ2v) is 6.17. The van der Waals surface area contributed by atoms with Crippen LogP contribution in [0.5, 0.6) is 5.75 Å². The Morgan fingerprint density at radius 1 is 1.29 bits per heavy atom. The summed E-state index contributed by atoms with van der Waals surface area (Å²) in [5.41, 5.74) is 2.64. The number of rotatable bonds is 2. The smallest absolute Gasteiger partial charge is 0.124 e. The molecule has 4 heteroatoms. The number of anilines is 1. The molecule has 0 bridgehead atoms. The number of nitrogens with one attached hydrogen (secondary N) is 1. The molecule has 2 aromatic carbocycles. The van der Waals surface area contributed by atoms with E-state index in [0.717, 1.165) is 21.5 Å². The van der Waals surface area contributed by atoms with Gasteiger partial charge in [0.1, 0.15) is 11.8 Å². The molecule has 1 aliphatic rings. The van der Waals surface area contributed by atoms with Crippen molar-refractivity contribution in [3.05, 3.63) is 58.1 Å². The molecule has 106 valence electrons. The zero-order chi connectivity index (χ0) is 14.8. The Kier molecular flexibility index (Phi) is 3.85. The SMILES string of the molecule is CC1COc2ccccc2C1Nc1ccc(Br)cc1C#N. The summed E-state index contributed by atoms with van der Waals surface area (Å²) in [7, 11) is 0. The fourth-order valence-electron chi connectivity index (χ4n) is 2.62. The molecular formula is C17H15BrN2O. The van der Waals surface area contributed by atoms with Crippen molar-refractivity contribution in [2.75, 3.05) is 11.9 Å². The Morgan fingerprint density at radius 2 is 2.10 bits per heavy atom. The highest BCUT2D eigenvalue weighted by Crippen LogP contribution is 2.38. The third-order valence-electron chi connectivity index (χ3n) is 3.74. The van der Waals surface area contributed by atoms with Gasteiger partial charge in [0.15, 0.2) is 0 Å². The summed E-state index contributed by atoms with van der Waals surface area (Å²) >= 11 is 3.40. The van der Waals surface area contributed by atoms with E-state index in [1.165, 1.54) is 0 Å². The van der Waals surface area contributed by atoms with E-state index in [-0.39, 0.29) is 6.04 Å². The average Bonchev–Trinajstić information content (AvgIpc) is 2.51. The van der Waals surface area contributed by atoms with Crippen molar-refractivity contribution in [2.24, 2.45) is 5.92 Å². The van der Waals surface area contributed by atoms with Crippen molar-refractivity contribution < 1.29 is 4.74 Å². The lowest BCUT2D eigenvalue weighted by atomic mass is 9.91. The van der Waals surface area contributed by atoms with Gasteiger partial charge in [-0.1, -0.05) is 41.1 Å². The number of ether oxygens (including phenoxy) is 1. The Balaban J connectivity index is 1.97. The quantitative estimate of drug-likeness (QED) is 0.873. The normalized spacial score (nSPS) is 20.0. The minimum absolute atomic E-state index is 0.142. The molecule has 0 amide bonds. The number of nitriles is 1. The van der Waals surface area contributed by atoms with Crippen LogP contribution in [0.1, 0.15) is 24.1 Å². The van der Waals surface area contributed by atoms with E-state index in [2.05, 4.69) is 40.3 Å². The first-order chi connectivity index (χ1) is 10.2. The van der Waals surface area contributed by atoms with Crippen molar-refractivity contribution in [3.8, 4) is 11.8 Å². The second kappa shape index (κ2) is 5.79. The first kappa shape index (κ1) is 14.0. The fraction of sp³-hybridized carbons (Fsp3) is 0.235. The average molecular weight is 343 g/mol. The van der Waals surface area contributed by atoms with Crippen LogP contribution in [0.2, 0.25) is 0 Å². The highest BCUT2D eigenvalue weighted by atomic mass is 79.9. The van der Waals surface area contributed by atoms with Crippen molar-refractivity contribution in [2.45, 2.75) is 13.0 Å². The van der Waals surface area contributed by atoms with E-state index in [1.807, 2.05) is 36.4 Å². The maximum atomic E-state index is 9.30. The van der Waals surface area contributed by atoms with Crippen LogP contribution in [0.4, 0.5) is 5.69 Å². The largest absolute Gasteiger partial charge is 0.493 e. The maximum Gasteiger partial charge on any atom is 0.124 e. The lowest BCUT2D eigenvalue weighted by Crippen LogP contribution is -2.29. The number of benzene rings is 2. The summed E-state index contributed by atoms with van der Waals surface area (Å²) in [6.45, 7) is 2.83. The van der Waals surface area contributed by atoms with Gasteiger partial charge in [0, 0.05) is 16.0 Å². The van der Waals surface area contributed by atoms with Crippen LogP contribution in [0.25, 0.3) is 0 Å². The Bertz CT molecular complexity index is 708. The van der Waals surface area contributed by atoms with Crippen molar-refractivity contribution in [1.29, 1.82) is 5.26 Å². The molecule has 0 saturated heterocycles. The van der Waals surface area contributed by atoms with Crippen LogP contribution >= 0.6 is 15.9 Å². The van der Waals surface area contributed by atoms with Crippen LogP contribution in [-0.4, -0.2) is 6.61 Å². The molecule has 0 radical (unpaired) electrons. The molecule has 1 aliphatic heterocycles. The molecule has 3 rings (SSSR count). The lowest BCUT2D eigenvalue weighted by Gasteiger charge is -2.33. The van der Waals surface area contributed by atoms with Gasteiger partial charge in [0.25, 0.3) is 0 Å². The molecule has 2 unspecified atom stereocenters. The van der Waals surface area contributed by atoms with Gasteiger partial charge in [-0.3, -0.25) is 0 Å². The van der Waals surface area contributed by atoms with E-state index in [9.17, 15) is 5.26 Å². The predicted molar refractivity (Wildman–Crippen MR) is 86.3 cm³/mol. The van der Waals surface area contributed by atoms with Gasteiger partial charge < -0.3 is 10.1 Å². The van der Waals surface area contributed by atoms with Crippen LogP contribution in [-0.2, 0) is 0 Å². The van der Waals surface area contributed by atoms with Crippen LogP contribution in [0.3, 0.4) is 0 Å². The zero-order valence-corrected chi connectivity index (χ0v) is 13.2. The number of hydrogen-bond donors (Lipinski definition) is 1. The summed E-state index contributed by atoms with van der Waals surface area (Å²) in [6.07, 6.45) is 0.